The van der Waals surface area contributed by atoms with Crippen molar-refractivity contribution in [1.82, 2.24) is 15.0 Å². The third-order valence-electron chi connectivity index (χ3n) is 1.70. The third-order valence-corrected chi connectivity index (χ3v) is 1.70. The Kier molecular flexibility index (Phi) is 3.16. The molecule has 5 heteroatoms. The van der Waals surface area contributed by atoms with Gasteiger partial charge in [-0.1, -0.05) is 6.92 Å². The van der Waals surface area contributed by atoms with Gasteiger partial charge in [0.2, 0.25) is 0 Å². The molecule has 0 aromatic carbocycles. The Morgan fingerprint density at radius 3 is 2.58 bits per heavy atom. The number of hydrogen-bond donors (Lipinski definition) is 1. The average Bonchev–Trinajstić information content (AvgIpc) is 2.55. The van der Waals surface area contributed by atoms with Gasteiger partial charge in [-0.25, -0.2) is 4.39 Å². The second kappa shape index (κ2) is 4.15. The van der Waals surface area contributed by atoms with E-state index in [4.69, 9.17) is 5.73 Å². The molecule has 0 aliphatic rings. The number of aromatic nitrogens is 3. The molecular weight excluding hydrogens is 159 g/mol. The van der Waals surface area contributed by atoms with Crippen molar-refractivity contribution >= 4 is 0 Å². The van der Waals surface area contributed by atoms with Crippen LogP contribution in [0.2, 0.25) is 0 Å². The molecular formula is C7H13FN4. The van der Waals surface area contributed by atoms with E-state index in [-0.39, 0.29) is 0 Å². The van der Waals surface area contributed by atoms with Crippen LogP contribution in [0, 0.1) is 0 Å². The van der Waals surface area contributed by atoms with Gasteiger partial charge < -0.3 is 5.73 Å². The van der Waals surface area contributed by atoms with Crippen LogP contribution in [0.3, 0.4) is 0 Å². The molecule has 12 heavy (non-hydrogen) atoms. The highest BCUT2D eigenvalue weighted by atomic mass is 19.1. The van der Waals surface area contributed by atoms with Crippen LogP contribution in [0.5, 0.6) is 0 Å². The number of nitrogens with two attached hydrogens (primary N) is 1. The lowest BCUT2D eigenvalue weighted by Crippen LogP contribution is -2.36. The predicted molar refractivity (Wildman–Crippen MR) is 43.2 cm³/mol. The molecule has 68 valence electrons. The predicted octanol–water partition coefficient (Wildman–Crippen LogP) is 0.353. The van der Waals surface area contributed by atoms with Crippen molar-refractivity contribution in [3.63, 3.8) is 0 Å². The van der Waals surface area contributed by atoms with Crippen molar-refractivity contribution < 1.29 is 4.39 Å². The van der Waals surface area contributed by atoms with Crippen LogP contribution in [0.1, 0.15) is 13.3 Å². The molecule has 4 nitrogen and oxygen atoms in total. The summed E-state index contributed by atoms with van der Waals surface area (Å²) in [6.07, 6.45) is 2.55. The smallest absolute Gasteiger partial charge is 0.117 e. The van der Waals surface area contributed by atoms with Crippen molar-refractivity contribution in [2.45, 2.75) is 32.1 Å². The van der Waals surface area contributed by atoms with Crippen molar-refractivity contribution in [2.75, 3.05) is 0 Å². The summed E-state index contributed by atoms with van der Waals surface area (Å²) in [5, 5.41) is 7.66. The number of rotatable bonds is 4. The first-order chi connectivity index (χ1) is 5.74. The zero-order valence-corrected chi connectivity index (χ0v) is 7.02. The van der Waals surface area contributed by atoms with Gasteiger partial charge >= 0.3 is 0 Å². The summed E-state index contributed by atoms with van der Waals surface area (Å²) in [7, 11) is 0. The maximum atomic E-state index is 12.9. The van der Waals surface area contributed by atoms with E-state index in [2.05, 4.69) is 10.2 Å². The van der Waals surface area contributed by atoms with Gasteiger partial charge in [-0.2, -0.15) is 15.0 Å². The van der Waals surface area contributed by atoms with E-state index in [9.17, 15) is 4.39 Å². The minimum absolute atomic E-state index is 0.335. The van der Waals surface area contributed by atoms with Crippen molar-refractivity contribution in [1.29, 1.82) is 0 Å². The molecule has 2 atom stereocenters. The van der Waals surface area contributed by atoms with E-state index in [1.165, 1.54) is 4.80 Å². The summed E-state index contributed by atoms with van der Waals surface area (Å²) in [4.78, 5) is 1.40. The van der Waals surface area contributed by atoms with Gasteiger partial charge in [-0.15, -0.1) is 0 Å². The topological polar surface area (TPSA) is 56.7 Å². The lowest BCUT2D eigenvalue weighted by atomic mass is 10.1. The van der Waals surface area contributed by atoms with E-state index in [1.807, 2.05) is 0 Å². The third kappa shape index (κ3) is 2.27. The summed E-state index contributed by atoms with van der Waals surface area (Å²) in [6.45, 7) is 2.10. The van der Waals surface area contributed by atoms with Gasteiger partial charge in [0.05, 0.1) is 25.0 Å². The van der Waals surface area contributed by atoms with Crippen LogP contribution in [-0.2, 0) is 6.54 Å². The molecule has 0 fully saturated rings. The van der Waals surface area contributed by atoms with Gasteiger partial charge in [-0.05, 0) is 6.42 Å². The molecule has 2 N–H and O–H groups in total. The van der Waals surface area contributed by atoms with Gasteiger partial charge in [0.1, 0.15) is 6.17 Å². The molecule has 0 saturated carbocycles. The Bertz CT molecular complexity index is 211. The Morgan fingerprint density at radius 2 is 2.08 bits per heavy atom. The lowest BCUT2D eigenvalue weighted by molar-refractivity contribution is 0.245. The second-order valence-corrected chi connectivity index (χ2v) is 2.67. The van der Waals surface area contributed by atoms with E-state index in [0.717, 1.165) is 0 Å². The summed E-state index contributed by atoms with van der Waals surface area (Å²) in [6, 6.07) is -0.512. The Morgan fingerprint density at radius 1 is 1.50 bits per heavy atom. The van der Waals surface area contributed by atoms with E-state index in [0.29, 0.717) is 13.0 Å². The lowest BCUT2D eigenvalue weighted by Gasteiger charge is -2.13. The van der Waals surface area contributed by atoms with Crippen LogP contribution in [-0.4, -0.2) is 27.2 Å². The maximum absolute atomic E-state index is 12.9. The van der Waals surface area contributed by atoms with Crippen molar-refractivity contribution in [3.8, 4) is 0 Å². The zero-order valence-electron chi connectivity index (χ0n) is 7.02. The quantitative estimate of drug-likeness (QED) is 0.713. The maximum Gasteiger partial charge on any atom is 0.117 e. The first-order valence-corrected chi connectivity index (χ1v) is 3.97. The van der Waals surface area contributed by atoms with Gasteiger partial charge in [0.25, 0.3) is 0 Å². The first-order valence-electron chi connectivity index (χ1n) is 3.97. The fourth-order valence-corrected chi connectivity index (χ4v) is 0.943. The Balaban J connectivity index is 2.41. The zero-order chi connectivity index (χ0) is 8.97. The highest BCUT2D eigenvalue weighted by Gasteiger charge is 2.15. The number of halogens is 1. The Hall–Kier alpha value is -0.970. The normalized spacial score (nSPS) is 15.9. The highest BCUT2D eigenvalue weighted by Crippen LogP contribution is 2.02. The first kappa shape index (κ1) is 9.12. The molecule has 0 spiro atoms. The second-order valence-electron chi connectivity index (χ2n) is 2.67. The molecule has 1 rings (SSSR count). The summed E-state index contributed by atoms with van der Waals surface area (Å²) in [5.74, 6) is 0. The van der Waals surface area contributed by atoms with Crippen molar-refractivity contribution in [2.24, 2.45) is 5.73 Å². The summed E-state index contributed by atoms with van der Waals surface area (Å²) < 4.78 is 12.9. The summed E-state index contributed by atoms with van der Waals surface area (Å²) in [5.41, 5.74) is 5.54. The van der Waals surface area contributed by atoms with Crippen LogP contribution in [0.15, 0.2) is 12.4 Å². The van der Waals surface area contributed by atoms with Crippen LogP contribution in [0.25, 0.3) is 0 Å². The van der Waals surface area contributed by atoms with Crippen LogP contribution < -0.4 is 5.73 Å². The molecule has 0 aliphatic heterocycles. The molecule has 0 saturated heterocycles. The number of alkyl halides is 1. The monoisotopic (exact) mass is 172 g/mol. The fraction of sp³-hybridized carbons (Fsp3) is 0.714. The van der Waals surface area contributed by atoms with E-state index < -0.39 is 12.2 Å². The standard InChI is InChI=1S/C7H13FN4/c1-2-6(8)7(9)5-12-10-3-4-11-12/h3-4,6-7H,2,5,9H2,1H3/t6-,7-/m0/s1. The number of hydrogen-bond acceptors (Lipinski definition) is 3. The summed E-state index contributed by atoms with van der Waals surface area (Å²) >= 11 is 0. The Labute approximate surface area is 70.6 Å². The van der Waals surface area contributed by atoms with Gasteiger partial charge in [-0.3, -0.25) is 0 Å². The molecule has 0 aliphatic carbocycles. The largest absolute Gasteiger partial charge is 0.324 e. The van der Waals surface area contributed by atoms with E-state index in [1.54, 1.807) is 19.3 Å². The molecule has 0 bridgehead atoms. The fourth-order valence-electron chi connectivity index (χ4n) is 0.943. The molecule has 0 unspecified atom stereocenters. The minimum Gasteiger partial charge on any atom is -0.324 e. The minimum atomic E-state index is -0.976. The van der Waals surface area contributed by atoms with Gasteiger partial charge in [0, 0.05) is 0 Å². The SMILES string of the molecule is CC[C@H](F)[C@@H](N)Cn1nccn1. The van der Waals surface area contributed by atoms with Crippen molar-refractivity contribution in [3.05, 3.63) is 12.4 Å². The molecule has 0 amide bonds. The average molecular weight is 172 g/mol. The van der Waals surface area contributed by atoms with Crippen LogP contribution in [0.4, 0.5) is 4.39 Å². The van der Waals surface area contributed by atoms with E-state index >= 15 is 0 Å². The highest BCUT2D eigenvalue weighted by molar-refractivity contribution is 4.71. The number of nitrogens with zero attached hydrogens (tertiary/aromatic N) is 3. The molecule has 0 radical (unpaired) electrons. The van der Waals surface area contributed by atoms with Crippen LogP contribution >= 0.6 is 0 Å². The molecule has 1 aromatic rings. The van der Waals surface area contributed by atoms with Gasteiger partial charge in [0.15, 0.2) is 0 Å². The molecule has 1 aromatic heterocycles. The molecule has 1 heterocycles.